The highest BCUT2D eigenvalue weighted by Gasteiger charge is 2.26. The van der Waals surface area contributed by atoms with Crippen LogP contribution >= 0.6 is 30.1 Å². The van der Waals surface area contributed by atoms with Gasteiger partial charge in [-0.1, -0.05) is 0 Å². The van der Waals surface area contributed by atoms with E-state index in [9.17, 15) is 0 Å². The summed E-state index contributed by atoms with van der Waals surface area (Å²) in [7, 11) is -1.32. The third-order valence-corrected chi connectivity index (χ3v) is 14.2. The Labute approximate surface area is 132 Å². The summed E-state index contributed by atoms with van der Waals surface area (Å²) in [6.07, 6.45) is 19.8. The molecule has 0 aliphatic rings. The molecule has 2 nitrogen and oxygen atoms in total. The fourth-order valence-electron chi connectivity index (χ4n) is 2.68. The van der Waals surface area contributed by atoms with E-state index >= 15 is 0 Å². The highest BCUT2D eigenvalue weighted by Crippen LogP contribution is 2.62. The van der Waals surface area contributed by atoms with Crippen LogP contribution in [0.2, 0.25) is 0 Å². The Bertz CT molecular complexity index is 241. The van der Waals surface area contributed by atoms with Crippen LogP contribution in [0.25, 0.3) is 0 Å². The Balaban J connectivity index is 4.32. The number of ether oxygens (including phenoxy) is 1. The van der Waals surface area contributed by atoms with Gasteiger partial charge in [-0.2, -0.15) is 0 Å². The molecule has 0 bridgehead atoms. The summed E-state index contributed by atoms with van der Waals surface area (Å²) in [4.78, 5) is 0. The lowest BCUT2D eigenvalue weighted by molar-refractivity contribution is 0.0905. The second-order valence-electron chi connectivity index (χ2n) is 7.64. The Kier molecular flexibility index (Phi) is 9.63. The van der Waals surface area contributed by atoms with Crippen LogP contribution in [-0.2, 0) is 4.74 Å². The topological polar surface area (TPSA) is 29.5 Å². The van der Waals surface area contributed by atoms with Gasteiger partial charge in [0.25, 0.3) is 0 Å². The predicted molar refractivity (Wildman–Crippen MR) is 106 cm³/mol. The molecule has 0 saturated heterocycles. The first kappa shape index (κ1) is 21.0. The standard InChI is InChI=1S/C15H38O2S3/c1-18(2,3)14-20(7,15-19(4,5)6)13-9-8-11-17-12-10-16/h16H,8-15H2,1-7H3. The highest BCUT2D eigenvalue weighted by molar-refractivity contribution is 8.54. The second-order valence-corrected chi connectivity index (χ2v) is 21.3. The minimum Gasteiger partial charge on any atom is -0.394 e. The van der Waals surface area contributed by atoms with Crippen molar-refractivity contribution in [3.63, 3.8) is 0 Å². The van der Waals surface area contributed by atoms with E-state index in [4.69, 9.17) is 9.84 Å². The largest absolute Gasteiger partial charge is 0.394 e. The van der Waals surface area contributed by atoms with Crippen LogP contribution in [0.3, 0.4) is 0 Å². The maximum absolute atomic E-state index is 8.69. The Morgan fingerprint density at radius 3 is 1.65 bits per heavy atom. The molecule has 0 heterocycles. The van der Waals surface area contributed by atoms with E-state index in [1.165, 1.54) is 22.3 Å². The Morgan fingerprint density at radius 1 is 0.750 bits per heavy atom. The highest BCUT2D eigenvalue weighted by atomic mass is 32.3. The quantitative estimate of drug-likeness (QED) is 0.580. The average molecular weight is 347 g/mol. The zero-order valence-corrected chi connectivity index (χ0v) is 17.2. The van der Waals surface area contributed by atoms with Crippen molar-refractivity contribution in [2.75, 3.05) is 79.5 Å². The molecule has 0 aromatic carbocycles. The molecule has 1 N–H and O–H groups in total. The summed E-state index contributed by atoms with van der Waals surface area (Å²) < 4.78 is 5.37. The molecule has 0 radical (unpaired) electrons. The van der Waals surface area contributed by atoms with Crippen molar-refractivity contribution in [1.82, 2.24) is 0 Å². The fourth-order valence-corrected chi connectivity index (χ4v) is 19.1. The number of aliphatic hydroxyl groups excluding tert-OH is 1. The molecule has 0 saturated carbocycles. The van der Waals surface area contributed by atoms with Gasteiger partial charge in [-0.15, -0.1) is 0 Å². The zero-order valence-electron chi connectivity index (χ0n) is 14.7. The van der Waals surface area contributed by atoms with Gasteiger partial charge < -0.3 is 9.84 Å². The average Bonchev–Trinajstić information content (AvgIpc) is 2.17. The van der Waals surface area contributed by atoms with Gasteiger partial charge in [0.05, 0.1) is 13.2 Å². The number of hydrogen-bond donors (Lipinski definition) is 1. The minimum absolute atomic E-state index is 0.143. The van der Waals surface area contributed by atoms with Crippen LogP contribution < -0.4 is 0 Å². The number of rotatable bonds is 11. The maximum atomic E-state index is 8.69. The van der Waals surface area contributed by atoms with E-state index in [-0.39, 0.29) is 6.61 Å². The molecule has 0 unspecified atom stereocenters. The van der Waals surface area contributed by atoms with E-state index in [2.05, 4.69) is 43.8 Å². The molecular formula is C15H38O2S3. The van der Waals surface area contributed by atoms with Crippen molar-refractivity contribution in [3.8, 4) is 0 Å². The van der Waals surface area contributed by atoms with Crippen molar-refractivity contribution in [2.24, 2.45) is 0 Å². The van der Waals surface area contributed by atoms with Crippen molar-refractivity contribution < 1.29 is 9.84 Å². The van der Waals surface area contributed by atoms with Crippen LogP contribution in [0.5, 0.6) is 0 Å². The smallest absolute Gasteiger partial charge is 0.0697 e. The van der Waals surface area contributed by atoms with Gasteiger partial charge >= 0.3 is 0 Å². The molecule has 0 aromatic rings. The molecule has 0 rings (SSSR count). The zero-order chi connectivity index (χ0) is 15.9. The normalized spacial score (nSPS) is 16.2. The Morgan fingerprint density at radius 2 is 1.25 bits per heavy atom. The summed E-state index contributed by atoms with van der Waals surface area (Å²) in [6.45, 7) is 1.44. The fraction of sp³-hybridized carbons (Fsp3) is 1.00. The van der Waals surface area contributed by atoms with Crippen molar-refractivity contribution in [1.29, 1.82) is 0 Å². The monoisotopic (exact) mass is 346 g/mol. The molecule has 0 aliphatic carbocycles. The molecule has 0 fully saturated rings. The predicted octanol–water partition coefficient (Wildman–Crippen LogP) is 3.51. The van der Waals surface area contributed by atoms with E-state index < -0.39 is 30.1 Å². The van der Waals surface area contributed by atoms with Gasteiger partial charge in [-0.3, -0.25) is 0 Å². The first-order valence-electron chi connectivity index (χ1n) is 7.19. The molecule has 20 heavy (non-hydrogen) atoms. The van der Waals surface area contributed by atoms with Gasteiger partial charge in [0.1, 0.15) is 0 Å². The number of aliphatic hydroxyl groups is 1. The maximum Gasteiger partial charge on any atom is 0.0697 e. The molecule has 5 heteroatoms. The van der Waals surface area contributed by atoms with Crippen LogP contribution in [0, 0.1) is 0 Å². The van der Waals surface area contributed by atoms with Gasteiger partial charge in [-0.25, -0.2) is 30.1 Å². The van der Waals surface area contributed by atoms with Crippen molar-refractivity contribution in [2.45, 2.75) is 12.8 Å². The van der Waals surface area contributed by atoms with Crippen molar-refractivity contribution >= 4 is 30.1 Å². The molecule has 128 valence electrons. The van der Waals surface area contributed by atoms with E-state index in [1.807, 2.05) is 0 Å². The van der Waals surface area contributed by atoms with Gasteiger partial charge in [0, 0.05) is 16.8 Å². The van der Waals surface area contributed by atoms with Gasteiger partial charge in [-0.05, 0) is 62.4 Å². The van der Waals surface area contributed by atoms with E-state index in [0.717, 1.165) is 13.0 Å². The lowest BCUT2D eigenvalue weighted by Crippen LogP contribution is -2.19. The first-order chi connectivity index (χ1) is 8.97. The van der Waals surface area contributed by atoms with Crippen LogP contribution in [0.4, 0.5) is 0 Å². The summed E-state index contributed by atoms with van der Waals surface area (Å²) >= 11 is 0. The molecule has 0 spiro atoms. The molecule has 0 aromatic heterocycles. The van der Waals surface area contributed by atoms with Crippen LogP contribution in [0.1, 0.15) is 12.8 Å². The molecule has 0 atom stereocenters. The third kappa shape index (κ3) is 12.7. The summed E-state index contributed by atoms with van der Waals surface area (Å²) in [6, 6.07) is 0. The summed E-state index contributed by atoms with van der Waals surface area (Å²) in [5, 5.41) is 11.6. The first-order valence-corrected chi connectivity index (χ1v) is 15.8. The molecule has 0 amide bonds. The lowest BCUT2D eigenvalue weighted by atomic mass is 10.4. The van der Waals surface area contributed by atoms with Gasteiger partial charge in [0.15, 0.2) is 0 Å². The van der Waals surface area contributed by atoms with E-state index in [0.29, 0.717) is 6.61 Å². The second kappa shape index (κ2) is 9.19. The third-order valence-electron chi connectivity index (χ3n) is 2.69. The number of unbranched alkanes of at least 4 members (excludes halogenated alkanes) is 1. The van der Waals surface area contributed by atoms with Crippen LogP contribution in [-0.4, -0.2) is 84.6 Å². The summed E-state index contributed by atoms with van der Waals surface area (Å²) in [5.74, 6) is 1.39. The summed E-state index contributed by atoms with van der Waals surface area (Å²) in [5.41, 5.74) is 0. The molecule has 0 aliphatic heterocycles. The molecular weight excluding hydrogens is 308 g/mol. The van der Waals surface area contributed by atoms with Crippen LogP contribution in [0.15, 0.2) is 0 Å². The SMILES string of the molecule is CS(C)(C)CS(C)(CCCCOCCO)CS(C)(C)C. The van der Waals surface area contributed by atoms with Crippen molar-refractivity contribution in [3.05, 3.63) is 0 Å². The van der Waals surface area contributed by atoms with E-state index in [1.54, 1.807) is 0 Å². The minimum atomic E-state index is -0.478. The lowest BCUT2D eigenvalue weighted by Gasteiger charge is -2.48. The number of hydrogen-bond acceptors (Lipinski definition) is 2. The Hall–Kier alpha value is 0.970. The van der Waals surface area contributed by atoms with Gasteiger partial charge in [0.2, 0.25) is 0 Å².